The summed E-state index contributed by atoms with van der Waals surface area (Å²) < 4.78 is 56.8. The number of ether oxygens (including phenoxy) is 3. The largest absolute Gasteiger partial charge is 0.495 e. The molecule has 33 heavy (non-hydrogen) atoms. The zero-order chi connectivity index (χ0) is 24.0. The Morgan fingerprint density at radius 1 is 1.06 bits per heavy atom. The number of piperidine rings is 1. The van der Waals surface area contributed by atoms with Crippen molar-refractivity contribution in [2.45, 2.75) is 24.2 Å². The molecule has 0 radical (unpaired) electrons. The average molecular weight is 481 g/mol. The number of hydrogen-bond acceptors (Lipinski definition) is 6. The molecule has 1 saturated heterocycles. The van der Waals surface area contributed by atoms with Crippen LogP contribution in [-0.2, 0) is 21.2 Å². The van der Waals surface area contributed by atoms with Crippen LogP contribution in [0.25, 0.3) is 0 Å². The minimum Gasteiger partial charge on any atom is -0.495 e. The highest BCUT2D eigenvalue weighted by Crippen LogP contribution is 2.31. The Balaban J connectivity index is 1.62. The van der Waals surface area contributed by atoms with E-state index in [-0.39, 0.29) is 29.6 Å². The fourth-order valence-electron chi connectivity index (χ4n) is 3.88. The second-order valence-electron chi connectivity index (χ2n) is 7.73. The summed E-state index contributed by atoms with van der Waals surface area (Å²) in [5.74, 6) is -0.0558. The molecule has 3 rings (SSSR count). The molecule has 10 heteroatoms. The van der Waals surface area contributed by atoms with Gasteiger partial charge < -0.3 is 19.5 Å². The van der Waals surface area contributed by atoms with Crippen molar-refractivity contribution in [3.63, 3.8) is 0 Å². The number of hydrogen-bond donors (Lipinski definition) is 1. The van der Waals surface area contributed by atoms with E-state index in [2.05, 4.69) is 5.32 Å². The summed E-state index contributed by atoms with van der Waals surface area (Å²) in [6.07, 6.45) is 1.69. The zero-order valence-corrected chi connectivity index (χ0v) is 19.8. The molecule has 1 N–H and O–H groups in total. The molecule has 0 spiro atoms. The van der Waals surface area contributed by atoms with Crippen molar-refractivity contribution < 1.29 is 31.8 Å². The molecule has 0 aromatic heterocycles. The van der Waals surface area contributed by atoms with Gasteiger partial charge in [-0.1, -0.05) is 6.07 Å². The monoisotopic (exact) mass is 480 g/mol. The first kappa shape index (κ1) is 24.8. The van der Waals surface area contributed by atoms with Gasteiger partial charge in [-0.25, -0.2) is 12.8 Å². The smallest absolute Gasteiger partial charge is 0.246 e. The summed E-state index contributed by atoms with van der Waals surface area (Å²) in [5.41, 5.74) is 0.971. The van der Waals surface area contributed by atoms with E-state index in [1.54, 1.807) is 20.3 Å². The maximum Gasteiger partial charge on any atom is 0.246 e. The molecule has 180 valence electrons. The molecule has 1 aliphatic heterocycles. The van der Waals surface area contributed by atoms with E-state index in [0.717, 1.165) is 17.7 Å². The van der Waals surface area contributed by atoms with Gasteiger partial charge >= 0.3 is 0 Å². The number of carbonyl (C=O) groups is 1. The lowest BCUT2D eigenvalue weighted by Gasteiger charge is -2.31. The Kier molecular flexibility index (Phi) is 8.15. The molecule has 1 atom stereocenters. The average Bonchev–Trinajstić information content (AvgIpc) is 2.83. The van der Waals surface area contributed by atoms with Crippen LogP contribution < -0.4 is 19.5 Å². The van der Waals surface area contributed by atoms with Crippen LogP contribution >= 0.6 is 0 Å². The molecule has 1 amide bonds. The van der Waals surface area contributed by atoms with E-state index in [4.69, 9.17) is 14.2 Å². The predicted octanol–water partition coefficient (Wildman–Crippen LogP) is 2.61. The number of sulfonamides is 1. The lowest BCUT2D eigenvalue weighted by atomic mass is 9.99. The molecule has 1 heterocycles. The highest BCUT2D eigenvalue weighted by Gasteiger charge is 2.35. The fourth-order valence-corrected chi connectivity index (χ4v) is 5.57. The summed E-state index contributed by atoms with van der Waals surface area (Å²) >= 11 is 0. The number of benzene rings is 2. The number of amides is 1. The summed E-state index contributed by atoms with van der Waals surface area (Å²) in [6.45, 7) is 0.691. The lowest BCUT2D eigenvalue weighted by molar-refractivity contribution is -0.126. The minimum atomic E-state index is -4.01. The van der Waals surface area contributed by atoms with Crippen LogP contribution in [0.5, 0.6) is 17.2 Å². The van der Waals surface area contributed by atoms with Gasteiger partial charge in [-0.3, -0.25) is 4.79 Å². The molecule has 0 aliphatic carbocycles. The molecule has 1 fully saturated rings. The number of rotatable bonds is 9. The summed E-state index contributed by atoms with van der Waals surface area (Å²) in [5, 5.41) is 2.89. The van der Waals surface area contributed by atoms with Gasteiger partial charge in [0.05, 0.1) is 27.2 Å². The number of halogens is 1. The van der Waals surface area contributed by atoms with Crippen LogP contribution in [0.3, 0.4) is 0 Å². The van der Waals surface area contributed by atoms with Crippen LogP contribution in [0.1, 0.15) is 18.4 Å². The van der Waals surface area contributed by atoms with Crippen molar-refractivity contribution >= 4 is 15.9 Å². The topological polar surface area (TPSA) is 94.2 Å². The van der Waals surface area contributed by atoms with Gasteiger partial charge in [-0.15, -0.1) is 0 Å². The van der Waals surface area contributed by atoms with Crippen LogP contribution in [0.2, 0.25) is 0 Å². The van der Waals surface area contributed by atoms with Crippen molar-refractivity contribution in [3.05, 3.63) is 47.8 Å². The molecule has 0 saturated carbocycles. The van der Waals surface area contributed by atoms with E-state index in [1.165, 1.54) is 17.5 Å². The third-order valence-electron chi connectivity index (χ3n) is 5.66. The first-order valence-corrected chi connectivity index (χ1v) is 12.1. The van der Waals surface area contributed by atoms with Gasteiger partial charge in [0.25, 0.3) is 0 Å². The number of nitrogens with one attached hydrogen (secondary N) is 1. The molecule has 1 aliphatic rings. The normalized spacial score (nSPS) is 16.8. The molecular weight excluding hydrogens is 451 g/mol. The summed E-state index contributed by atoms with van der Waals surface area (Å²) in [4.78, 5) is 12.5. The molecule has 8 nitrogen and oxygen atoms in total. The van der Waals surface area contributed by atoms with Crippen molar-refractivity contribution in [1.29, 1.82) is 0 Å². The number of methoxy groups -OCH3 is 3. The van der Waals surface area contributed by atoms with Gasteiger partial charge in [0.2, 0.25) is 15.9 Å². The molecule has 0 bridgehead atoms. The zero-order valence-electron chi connectivity index (χ0n) is 19.0. The SMILES string of the molecule is COc1ccc(CCNC(=O)[C@H]2CCCN(S(=O)(=O)c3cc(F)ccc3OC)C2)cc1OC. The van der Waals surface area contributed by atoms with E-state index < -0.39 is 21.8 Å². The Morgan fingerprint density at radius 2 is 1.76 bits per heavy atom. The third kappa shape index (κ3) is 5.75. The van der Waals surface area contributed by atoms with Crippen LogP contribution in [0, 0.1) is 11.7 Å². The van der Waals surface area contributed by atoms with Gasteiger partial charge in [-0.05, 0) is 55.2 Å². The molecule has 2 aromatic rings. The van der Waals surface area contributed by atoms with Crippen molar-refractivity contribution in [3.8, 4) is 17.2 Å². The van der Waals surface area contributed by atoms with Crippen LogP contribution in [0.15, 0.2) is 41.3 Å². The summed E-state index contributed by atoms with van der Waals surface area (Å²) in [6, 6.07) is 8.93. The highest BCUT2D eigenvalue weighted by molar-refractivity contribution is 7.89. The Labute approximate surface area is 193 Å². The van der Waals surface area contributed by atoms with E-state index in [9.17, 15) is 17.6 Å². The predicted molar refractivity (Wildman–Crippen MR) is 121 cm³/mol. The van der Waals surface area contributed by atoms with Crippen molar-refractivity contribution in [2.24, 2.45) is 5.92 Å². The first-order valence-electron chi connectivity index (χ1n) is 10.6. The molecule has 0 unspecified atom stereocenters. The first-order chi connectivity index (χ1) is 15.8. The second-order valence-corrected chi connectivity index (χ2v) is 9.63. The minimum absolute atomic E-state index is 0.0319. The van der Waals surface area contributed by atoms with Gasteiger partial charge in [-0.2, -0.15) is 4.31 Å². The fraction of sp³-hybridized carbons (Fsp3) is 0.435. The molecule has 2 aromatic carbocycles. The third-order valence-corrected chi connectivity index (χ3v) is 7.55. The highest BCUT2D eigenvalue weighted by atomic mass is 32.2. The van der Waals surface area contributed by atoms with Crippen LogP contribution in [0.4, 0.5) is 4.39 Å². The number of nitrogens with zero attached hydrogens (tertiary/aromatic N) is 1. The Bertz CT molecular complexity index is 1090. The van der Waals surface area contributed by atoms with Crippen molar-refractivity contribution in [1.82, 2.24) is 9.62 Å². The second kappa shape index (κ2) is 10.8. The van der Waals surface area contributed by atoms with Gasteiger partial charge in [0, 0.05) is 19.6 Å². The number of carbonyl (C=O) groups excluding carboxylic acids is 1. The van der Waals surface area contributed by atoms with E-state index in [0.29, 0.717) is 37.3 Å². The van der Waals surface area contributed by atoms with E-state index >= 15 is 0 Å². The van der Waals surface area contributed by atoms with Gasteiger partial charge in [0.1, 0.15) is 16.5 Å². The summed E-state index contributed by atoms with van der Waals surface area (Å²) in [7, 11) is 0.448. The maximum atomic E-state index is 13.7. The van der Waals surface area contributed by atoms with E-state index in [1.807, 2.05) is 12.1 Å². The standard InChI is InChI=1S/C23H29FN2O6S/c1-30-19-8-6-16(13-21(19)32-3)10-11-25-23(27)17-5-4-12-26(15-17)33(28,29)22-14-18(24)7-9-20(22)31-2/h6-9,13-14,17H,4-5,10-12,15H2,1-3H3,(H,25,27)/t17-/m0/s1. The quantitative estimate of drug-likeness (QED) is 0.593. The molecular formula is C23H29FN2O6S. The van der Waals surface area contributed by atoms with Crippen molar-refractivity contribution in [2.75, 3.05) is 41.0 Å². The lowest BCUT2D eigenvalue weighted by Crippen LogP contribution is -2.45. The van der Waals surface area contributed by atoms with Crippen LogP contribution in [-0.4, -0.2) is 59.6 Å². The maximum absolute atomic E-state index is 13.7. The Morgan fingerprint density at radius 3 is 2.45 bits per heavy atom. The Hall–Kier alpha value is -2.85. The van der Waals surface area contributed by atoms with Gasteiger partial charge in [0.15, 0.2) is 11.5 Å².